The fourth-order valence-electron chi connectivity index (χ4n) is 8.84. The van der Waals surface area contributed by atoms with Gasteiger partial charge in [0, 0.05) is 32.7 Å². The average Bonchev–Trinajstić information content (AvgIpc) is 3.62. The van der Waals surface area contributed by atoms with Crippen molar-refractivity contribution >= 4 is 82.2 Å². The van der Waals surface area contributed by atoms with E-state index in [0.29, 0.717) is 5.82 Å². The quantitative estimate of drug-likeness (QED) is 0.185. The molecular weight excluding hydrogens is 659 g/mol. The van der Waals surface area contributed by atoms with Gasteiger partial charge in [0.15, 0.2) is 5.82 Å². The van der Waals surface area contributed by atoms with Crippen LogP contribution in [0.1, 0.15) is 0 Å². The van der Waals surface area contributed by atoms with Crippen LogP contribution in [-0.4, -0.2) is 9.97 Å². The molecule has 11 aromatic rings. The van der Waals surface area contributed by atoms with Crippen LogP contribution in [0.4, 0.5) is 17.1 Å². The lowest BCUT2D eigenvalue weighted by molar-refractivity contribution is 0.670. The highest BCUT2D eigenvalue weighted by Gasteiger charge is 2.30. The largest absolute Gasteiger partial charge is 0.455 e. The van der Waals surface area contributed by atoms with Gasteiger partial charge in [0.25, 0.3) is 0 Å². The van der Waals surface area contributed by atoms with E-state index in [1.165, 1.54) is 32.7 Å². The van der Waals surface area contributed by atoms with Gasteiger partial charge in [-0.15, -0.1) is 0 Å². The molecule has 4 nitrogen and oxygen atoms in total. The molecule has 0 saturated heterocycles. The standard InChI is InChI=1S/C50H29N3O/c1-3-16-33-30(12-1)26-28-42-46(33)38-21-9-14-32-15-10-24-41(45(32)38)53(42)43-29-27-31-13-2-4-17-34(31)47(43)50-51-40-23-7-5-19-37(40)48(52-50)39-22-11-20-36-35-18-6-8-25-44(35)54-49(36)39/h1-29H. The van der Waals surface area contributed by atoms with Crippen molar-refractivity contribution < 1.29 is 4.42 Å². The van der Waals surface area contributed by atoms with Gasteiger partial charge >= 0.3 is 0 Å². The molecule has 0 atom stereocenters. The summed E-state index contributed by atoms with van der Waals surface area (Å²) in [5.41, 5.74) is 11.1. The highest BCUT2D eigenvalue weighted by atomic mass is 16.3. The van der Waals surface area contributed by atoms with Gasteiger partial charge in [-0.1, -0.05) is 140 Å². The van der Waals surface area contributed by atoms with Gasteiger partial charge in [0.2, 0.25) is 0 Å². The summed E-state index contributed by atoms with van der Waals surface area (Å²) in [5, 5.41) is 10.2. The Morgan fingerprint density at radius 2 is 0.981 bits per heavy atom. The van der Waals surface area contributed by atoms with Gasteiger partial charge in [0.1, 0.15) is 11.2 Å². The smallest absolute Gasteiger partial charge is 0.163 e. The summed E-state index contributed by atoms with van der Waals surface area (Å²) in [7, 11) is 0. The summed E-state index contributed by atoms with van der Waals surface area (Å²) < 4.78 is 6.59. The first-order chi connectivity index (χ1) is 26.8. The second-order valence-electron chi connectivity index (χ2n) is 14.1. The van der Waals surface area contributed by atoms with E-state index >= 15 is 0 Å². The van der Waals surface area contributed by atoms with Crippen LogP contribution >= 0.6 is 0 Å². The number of nitrogens with zero attached hydrogens (tertiary/aromatic N) is 3. The summed E-state index contributed by atoms with van der Waals surface area (Å²) in [6.07, 6.45) is 0. The molecule has 12 rings (SSSR count). The van der Waals surface area contributed by atoms with E-state index in [4.69, 9.17) is 14.4 Å². The van der Waals surface area contributed by atoms with Gasteiger partial charge in [-0.2, -0.15) is 0 Å². The topological polar surface area (TPSA) is 42.2 Å². The zero-order valence-electron chi connectivity index (χ0n) is 29.0. The van der Waals surface area contributed by atoms with Crippen LogP contribution in [0, 0.1) is 0 Å². The molecule has 0 N–H and O–H groups in total. The maximum absolute atomic E-state index is 6.59. The van der Waals surface area contributed by atoms with Crippen molar-refractivity contribution in [3.63, 3.8) is 0 Å². The third kappa shape index (κ3) is 4.08. The summed E-state index contributed by atoms with van der Waals surface area (Å²) in [5.74, 6) is 0.664. The van der Waals surface area contributed by atoms with E-state index in [-0.39, 0.29) is 0 Å². The van der Waals surface area contributed by atoms with E-state index < -0.39 is 0 Å². The van der Waals surface area contributed by atoms with E-state index in [1.807, 2.05) is 12.1 Å². The second-order valence-corrected chi connectivity index (χ2v) is 14.1. The normalized spacial score (nSPS) is 12.4. The van der Waals surface area contributed by atoms with Gasteiger partial charge in [-0.05, 0) is 68.9 Å². The zero-order chi connectivity index (χ0) is 35.3. The van der Waals surface area contributed by atoms with E-state index in [2.05, 4.69) is 169 Å². The minimum atomic E-state index is 0.664. The van der Waals surface area contributed by atoms with Crippen LogP contribution in [0.15, 0.2) is 180 Å². The Labute approximate surface area is 310 Å². The Morgan fingerprint density at radius 3 is 1.80 bits per heavy atom. The Morgan fingerprint density at radius 1 is 0.389 bits per heavy atom. The lowest BCUT2D eigenvalue weighted by Gasteiger charge is -2.35. The molecule has 0 saturated carbocycles. The van der Waals surface area contributed by atoms with Gasteiger partial charge in [-0.25, -0.2) is 9.97 Å². The van der Waals surface area contributed by atoms with Crippen LogP contribution in [0.2, 0.25) is 0 Å². The van der Waals surface area contributed by atoms with Gasteiger partial charge in [-0.3, -0.25) is 0 Å². The molecule has 0 amide bonds. The molecule has 54 heavy (non-hydrogen) atoms. The SMILES string of the molecule is c1ccc2c(-c3nc(-c4cccc5c4oc4ccccc45)c4ccccc4n3)c(N3c4ccc5ccccc5c4-c4cccc5cccc3c45)ccc2c1. The number of benzene rings is 9. The van der Waals surface area contributed by atoms with E-state index in [9.17, 15) is 0 Å². The number of aromatic nitrogens is 2. The maximum atomic E-state index is 6.59. The van der Waals surface area contributed by atoms with Crippen LogP contribution in [0.5, 0.6) is 0 Å². The van der Waals surface area contributed by atoms with Crippen LogP contribution in [0.3, 0.4) is 0 Å². The Kier molecular flexibility index (Phi) is 6.02. The van der Waals surface area contributed by atoms with Crippen LogP contribution in [0.25, 0.3) is 98.9 Å². The van der Waals surface area contributed by atoms with E-state index in [1.54, 1.807) is 0 Å². The van der Waals surface area contributed by atoms with Gasteiger partial charge < -0.3 is 9.32 Å². The molecule has 0 spiro atoms. The molecule has 0 fully saturated rings. The van der Waals surface area contributed by atoms with Crippen LogP contribution < -0.4 is 4.90 Å². The summed E-state index contributed by atoms with van der Waals surface area (Å²) in [6.45, 7) is 0. The molecule has 0 bridgehead atoms. The number of fused-ring (bicyclic) bond motifs is 9. The second kappa shape index (κ2) is 11.1. The predicted molar refractivity (Wildman–Crippen MR) is 224 cm³/mol. The number of furan rings is 1. The van der Waals surface area contributed by atoms with Crippen molar-refractivity contribution in [3.8, 4) is 33.8 Å². The van der Waals surface area contributed by atoms with E-state index in [0.717, 1.165) is 77.5 Å². The number of anilines is 3. The Bertz CT molecular complexity index is 3350. The summed E-state index contributed by atoms with van der Waals surface area (Å²) >= 11 is 0. The fourth-order valence-corrected chi connectivity index (χ4v) is 8.84. The molecule has 1 aliphatic heterocycles. The molecule has 0 radical (unpaired) electrons. The summed E-state index contributed by atoms with van der Waals surface area (Å²) in [4.78, 5) is 13.4. The molecule has 250 valence electrons. The first-order valence-electron chi connectivity index (χ1n) is 18.3. The molecule has 0 unspecified atom stereocenters. The number of para-hydroxylation sites is 3. The highest BCUT2D eigenvalue weighted by molar-refractivity contribution is 6.21. The number of rotatable bonds is 3. The maximum Gasteiger partial charge on any atom is 0.163 e. The monoisotopic (exact) mass is 687 g/mol. The van der Waals surface area contributed by atoms with Crippen molar-refractivity contribution in [2.75, 3.05) is 4.90 Å². The number of hydrogen-bond acceptors (Lipinski definition) is 4. The van der Waals surface area contributed by atoms with Crippen molar-refractivity contribution in [1.29, 1.82) is 0 Å². The molecule has 1 aliphatic rings. The predicted octanol–water partition coefficient (Wildman–Crippen LogP) is 13.8. The van der Waals surface area contributed by atoms with Crippen molar-refractivity contribution in [3.05, 3.63) is 176 Å². The molecule has 9 aromatic carbocycles. The average molecular weight is 688 g/mol. The highest BCUT2D eigenvalue weighted by Crippen LogP contribution is 2.55. The van der Waals surface area contributed by atoms with Gasteiger partial charge in [0.05, 0.1) is 33.8 Å². The molecule has 0 aliphatic carbocycles. The number of hydrogen-bond donors (Lipinski definition) is 0. The minimum absolute atomic E-state index is 0.664. The molecule has 4 heteroatoms. The van der Waals surface area contributed by atoms with Crippen LogP contribution in [-0.2, 0) is 0 Å². The van der Waals surface area contributed by atoms with Crippen molar-refractivity contribution in [1.82, 2.24) is 9.97 Å². The Hall–Kier alpha value is -7.30. The summed E-state index contributed by atoms with van der Waals surface area (Å²) in [6, 6.07) is 62.5. The van der Waals surface area contributed by atoms with Crippen molar-refractivity contribution in [2.45, 2.75) is 0 Å². The first-order valence-corrected chi connectivity index (χ1v) is 18.3. The molecule has 3 heterocycles. The lowest BCUT2D eigenvalue weighted by Crippen LogP contribution is -2.16. The lowest BCUT2D eigenvalue weighted by atomic mass is 9.87. The first kappa shape index (κ1) is 29.3. The molecule has 2 aromatic heterocycles. The minimum Gasteiger partial charge on any atom is -0.455 e. The molecular formula is C50H29N3O. The van der Waals surface area contributed by atoms with Crippen molar-refractivity contribution in [2.24, 2.45) is 0 Å². The zero-order valence-corrected chi connectivity index (χ0v) is 29.0. The third-order valence-electron chi connectivity index (χ3n) is 11.2. The Balaban J connectivity index is 1.20. The fraction of sp³-hybridized carbons (Fsp3) is 0. The third-order valence-corrected chi connectivity index (χ3v) is 11.2.